The van der Waals surface area contributed by atoms with Gasteiger partial charge in [-0.3, -0.25) is 0 Å². The fraction of sp³-hybridized carbons (Fsp3) is 0. The van der Waals surface area contributed by atoms with Gasteiger partial charge in [0.1, 0.15) is 4.99 Å². The lowest BCUT2D eigenvalue weighted by atomic mass is 10.2. The molecule has 18 heavy (non-hydrogen) atoms. The first-order chi connectivity index (χ1) is 8.56. The highest BCUT2D eigenvalue weighted by atomic mass is 127. The summed E-state index contributed by atoms with van der Waals surface area (Å²) in [5.41, 5.74) is 8.51. The maximum Gasteiger partial charge on any atom is 0.105 e. The molecule has 5 heteroatoms. The number of hydrogen-bond acceptors (Lipinski definition) is 2. The number of thiocarbonyl (C=S) groups is 1. The van der Waals surface area contributed by atoms with Crippen LogP contribution < -0.4 is 11.1 Å². The minimum Gasteiger partial charge on any atom is -0.389 e. The molecule has 2 aromatic rings. The van der Waals surface area contributed by atoms with E-state index in [-0.39, 0.29) is 0 Å². The molecule has 2 rings (SSSR count). The summed E-state index contributed by atoms with van der Waals surface area (Å²) in [6.45, 7) is 0. The molecule has 0 aliphatic heterocycles. The minimum atomic E-state index is 0.391. The number of nitrogens with two attached hydrogens (primary N) is 1. The van der Waals surface area contributed by atoms with Crippen LogP contribution in [0.1, 0.15) is 5.56 Å². The van der Waals surface area contributed by atoms with Crippen molar-refractivity contribution in [1.29, 1.82) is 0 Å². The van der Waals surface area contributed by atoms with Gasteiger partial charge >= 0.3 is 0 Å². The zero-order valence-corrected chi connectivity index (χ0v) is 13.8. The van der Waals surface area contributed by atoms with Gasteiger partial charge in [-0.15, -0.1) is 0 Å². The summed E-state index contributed by atoms with van der Waals surface area (Å²) in [5.74, 6) is 0. The van der Waals surface area contributed by atoms with Gasteiger partial charge in [0.15, 0.2) is 0 Å². The van der Waals surface area contributed by atoms with E-state index in [1.54, 1.807) is 0 Å². The summed E-state index contributed by atoms with van der Waals surface area (Å²) in [5, 5.41) is 3.33. The average molecular weight is 433 g/mol. The Balaban J connectivity index is 2.25. The molecule has 3 N–H and O–H groups in total. The highest BCUT2D eigenvalue weighted by Gasteiger charge is 2.04. The molecule has 0 aromatic heterocycles. The number of hydrogen-bond donors (Lipinski definition) is 2. The van der Waals surface area contributed by atoms with Gasteiger partial charge in [0.05, 0.1) is 0 Å². The largest absolute Gasteiger partial charge is 0.389 e. The van der Waals surface area contributed by atoms with E-state index in [1.165, 1.54) is 3.57 Å². The third-order valence-corrected chi connectivity index (χ3v) is 3.89. The predicted octanol–water partition coefficient (Wildman–Crippen LogP) is 4.43. The zero-order chi connectivity index (χ0) is 13.1. The van der Waals surface area contributed by atoms with Gasteiger partial charge in [-0.25, -0.2) is 0 Å². The maximum absolute atomic E-state index is 5.62. The molecular weight excluding hydrogens is 423 g/mol. The highest BCUT2D eigenvalue weighted by Crippen LogP contribution is 2.24. The molecule has 0 saturated carbocycles. The van der Waals surface area contributed by atoms with Crippen molar-refractivity contribution in [2.45, 2.75) is 0 Å². The lowest BCUT2D eigenvalue weighted by Crippen LogP contribution is -2.10. The van der Waals surface area contributed by atoms with E-state index >= 15 is 0 Å². The summed E-state index contributed by atoms with van der Waals surface area (Å²) in [7, 11) is 0. The van der Waals surface area contributed by atoms with Crippen molar-refractivity contribution >= 4 is 67.1 Å². The van der Waals surface area contributed by atoms with Gasteiger partial charge in [0.25, 0.3) is 0 Å². The van der Waals surface area contributed by atoms with Gasteiger partial charge in [-0.05, 0) is 74.9 Å². The van der Waals surface area contributed by atoms with Crippen molar-refractivity contribution in [2.75, 3.05) is 5.32 Å². The van der Waals surface area contributed by atoms with Crippen molar-refractivity contribution in [2.24, 2.45) is 5.73 Å². The van der Waals surface area contributed by atoms with Crippen molar-refractivity contribution in [3.8, 4) is 0 Å². The van der Waals surface area contributed by atoms with Gasteiger partial charge in [-0.2, -0.15) is 0 Å². The SMILES string of the molecule is NC(=S)c1ccc(Nc2cccc(I)c2)cc1Br. The van der Waals surface area contributed by atoms with E-state index in [1.807, 2.05) is 30.3 Å². The average Bonchev–Trinajstić information content (AvgIpc) is 2.28. The summed E-state index contributed by atoms with van der Waals surface area (Å²) in [6.07, 6.45) is 0. The van der Waals surface area contributed by atoms with Gasteiger partial charge in [0, 0.05) is 25.0 Å². The molecule has 2 aromatic carbocycles. The molecule has 0 atom stereocenters. The topological polar surface area (TPSA) is 38.0 Å². The maximum atomic E-state index is 5.62. The first-order valence-corrected chi connectivity index (χ1v) is 7.46. The molecule has 0 spiro atoms. The third-order valence-electron chi connectivity index (χ3n) is 2.35. The fourth-order valence-electron chi connectivity index (χ4n) is 1.53. The standard InChI is InChI=1S/C13H10BrIN2S/c14-12-7-10(4-5-11(12)13(16)18)17-9-3-1-2-8(15)6-9/h1-7,17H,(H2,16,18). The Bertz CT molecular complexity index is 601. The molecule has 0 aliphatic rings. The van der Waals surface area contributed by atoms with Crippen LogP contribution in [0.25, 0.3) is 0 Å². The molecule has 0 radical (unpaired) electrons. The number of nitrogens with one attached hydrogen (secondary N) is 1. The lowest BCUT2D eigenvalue weighted by Gasteiger charge is -2.09. The predicted molar refractivity (Wildman–Crippen MR) is 92.5 cm³/mol. The van der Waals surface area contributed by atoms with Gasteiger partial charge in [0.2, 0.25) is 0 Å². The number of halogens is 2. The normalized spacial score (nSPS) is 10.1. The summed E-state index contributed by atoms with van der Waals surface area (Å²) >= 11 is 10.7. The van der Waals surface area contributed by atoms with E-state index in [9.17, 15) is 0 Å². The molecule has 92 valence electrons. The van der Waals surface area contributed by atoms with Crippen LogP contribution in [0.4, 0.5) is 11.4 Å². The van der Waals surface area contributed by atoms with E-state index < -0.39 is 0 Å². The second-order valence-electron chi connectivity index (χ2n) is 3.69. The van der Waals surface area contributed by atoms with Crippen LogP contribution in [-0.4, -0.2) is 4.99 Å². The van der Waals surface area contributed by atoms with E-state index in [0.29, 0.717) is 4.99 Å². The third kappa shape index (κ3) is 3.43. The Labute approximate surface area is 133 Å². The monoisotopic (exact) mass is 432 g/mol. The molecule has 0 amide bonds. The van der Waals surface area contributed by atoms with Gasteiger partial charge in [-0.1, -0.05) is 18.3 Å². The molecule has 0 fully saturated rings. The second kappa shape index (κ2) is 5.99. The van der Waals surface area contributed by atoms with E-state index in [2.05, 4.69) is 56.0 Å². The van der Waals surface area contributed by atoms with E-state index in [4.69, 9.17) is 18.0 Å². The number of anilines is 2. The first-order valence-electron chi connectivity index (χ1n) is 5.18. The van der Waals surface area contributed by atoms with E-state index in [0.717, 1.165) is 21.4 Å². The lowest BCUT2D eigenvalue weighted by molar-refractivity contribution is 1.50. The molecule has 0 bridgehead atoms. The van der Waals surface area contributed by atoms with Crippen molar-refractivity contribution in [3.05, 3.63) is 56.1 Å². The Morgan fingerprint density at radius 3 is 2.50 bits per heavy atom. The molecule has 0 aliphatic carbocycles. The summed E-state index contributed by atoms with van der Waals surface area (Å²) in [4.78, 5) is 0.391. The Hall–Kier alpha value is -0.660. The van der Waals surface area contributed by atoms with Crippen LogP contribution >= 0.6 is 50.7 Å². The quantitative estimate of drug-likeness (QED) is 0.556. The fourth-order valence-corrected chi connectivity index (χ4v) is 2.97. The molecule has 2 nitrogen and oxygen atoms in total. The number of benzene rings is 2. The van der Waals surface area contributed by atoms with Crippen LogP contribution in [0, 0.1) is 3.57 Å². The second-order valence-corrected chi connectivity index (χ2v) is 6.23. The Morgan fingerprint density at radius 1 is 1.17 bits per heavy atom. The molecule has 0 saturated heterocycles. The highest BCUT2D eigenvalue weighted by molar-refractivity contribution is 14.1. The van der Waals surface area contributed by atoms with Crippen molar-refractivity contribution in [1.82, 2.24) is 0 Å². The summed E-state index contributed by atoms with van der Waals surface area (Å²) < 4.78 is 2.09. The van der Waals surface area contributed by atoms with Crippen molar-refractivity contribution in [3.63, 3.8) is 0 Å². The first kappa shape index (κ1) is 13.8. The number of rotatable bonds is 3. The van der Waals surface area contributed by atoms with Crippen LogP contribution in [0.15, 0.2) is 46.9 Å². The van der Waals surface area contributed by atoms with Crippen LogP contribution in [0.3, 0.4) is 0 Å². The van der Waals surface area contributed by atoms with Crippen molar-refractivity contribution < 1.29 is 0 Å². The van der Waals surface area contributed by atoms with Gasteiger partial charge < -0.3 is 11.1 Å². The minimum absolute atomic E-state index is 0.391. The van der Waals surface area contributed by atoms with Crippen LogP contribution in [0.5, 0.6) is 0 Å². The Kier molecular flexibility index (Phi) is 4.58. The van der Waals surface area contributed by atoms with Crippen LogP contribution in [-0.2, 0) is 0 Å². The molecule has 0 unspecified atom stereocenters. The zero-order valence-electron chi connectivity index (χ0n) is 9.28. The molecule has 0 heterocycles. The van der Waals surface area contributed by atoms with Crippen LogP contribution in [0.2, 0.25) is 0 Å². The smallest absolute Gasteiger partial charge is 0.105 e. The molecular formula is C13H10BrIN2S. The Morgan fingerprint density at radius 2 is 1.89 bits per heavy atom. The summed E-state index contributed by atoms with van der Waals surface area (Å²) in [6, 6.07) is 14.0.